The second-order valence-corrected chi connectivity index (χ2v) is 3.36. The molecule has 1 unspecified atom stereocenters. The summed E-state index contributed by atoms with van der Waals surface area (Å²) in [6.07, 6.45) is 0. The minimum absolute atomic E-state index is 0.0239. The van der Waals surface area contributed by atoms with Crippen LogP contribution in [0, 0.1) is 11.6 Å². The van der Waals surface area contributed by atoms with Crippen molar-refractivity contribution >= 4 is 0 Å². The van der Waals surface area contributed by atoms with Crippen molar-refractivity contribution in [2.24, 2.45) is 0 Å². The first kappa shape index (κ1) is 13.0. The number of hydrogen-bond donors (Lipinski definition) is 2. The molecule has 0 bridgehead atoms. The van der Waals surface area contributed by atoms with E-state index in [1.165, 1.54) is 13.2 Å². The van der Waals surface area contributed by atoms with Crippen LogP contribution >= 0.6 is 0 Å². The van der Waals surface area contributed by atoms with Crippen LogP contribution in [0.25, 0.3) is 0 Å². The van der Waals surface area contributed by atoms with Crippen LogP contribution in [0.5, 0.6) is 0 Å². The monoisotopic (exact) mass is 231 g/mol. The second-order valence-electron chi connectivity index (χ2n) is 3.36. The molecule has 90 valence electrons. The summed E-state index contributed by atoms with van der Waals surface area (Å²) in [5.41, 5.74) is 0.592. The van der Waals surface area contributed by atoms with Gasteiger partial charge in [0.05, 0.1) is 19.3 Å². The van der Waals surface area contributed by atoms with Crippen LogP contribution in [0.2, 0.25) is 0 Å². The zero-order valence-electron chi connectivity index (χ0n) is 9.04. The molecule has 1 atom stereocenters. The zero-order chi connectivity index (χ0) is 12.0. The molecule has 1 aromatic rings. The van der Waals surface area contributed by atoms with Crippen molar-refractivity contribution in [3.63, 3.8) is 0 Å². The lowest BCUT2D eigenvalue weighted by atomic mass is 10.1. The van der Waals surface area contributed by atoms with E-state index in [0.29, 0.717) is 18.7 Å². The number of rotatable bonds is 6. The molecule has 0 aliphatic rings. The maximum atomic E-state index is 13.0. The highest BCUT2D eigenvalue weighted by atomic mass is 19.2. The fraction of sp³-hybridized carbons (Fsp3) is 0.455. The average Bonchev–Trinajstić information content (AvgIpc) is 2.28. The number of benzene rings is 1. The summed E-state index contributed by atoms with van der Waals surface area (Å²) in [6, 6.07) is 3.44. The first-order valence-electron chi connectivity index (χ1n) is 4.97. The minimum atomic E-state index is -0.885. The number of ether oxygens (including phenoxy) is 1. The van der Waals surface area contributed by atoms with Crippen molar-refractivity contribution < 1.29 is 18.6 Å². The summed E-state index contributed by atoms with van der Waals surface area (Å²) in [5, 5.41) is 11.7. The van der Waals surface area contributed by atoms with E-state index in [9.17, 15) is 8.78 Å². The maximum absolute atomic E-state index is 13.0. The Morgan fingerprint density at radius 2 is 2.12 bits per heavy atom. The molecule has 1 aromatic carbocycles. The number of nitrogens with one attached hydrogen (secondary N) is 1. The summed E-state index contributed by atoms with van der Waals surface area (Å²) in [5.74, 6) is -1.76. The van der Waals surface area contributed by atoms with Crippen molar-refractivity contribution in [2.45, 2.75) is 6.04 Å². The van der Waals surface area contributed by atoms with Gasteiger partial charge in [-0.05, 0) is 17.7 Å². The van der Waals surface area contributed by atoms with Crippen LogP contribution in [-0.4, -0.2) is 32.0 Å². The van der Waals surface area contributed by atoms with E-state index in [1.54, 1.807) is 0 Å². The van der Waals surface area contributed by atoms with Crippen LogP contribution in [0.15, 0.2) is 18.2 Å². The Morgan fingerprint density at radius 1 is 1.38 bits per heavy atom. The van der Waals surface area contributed by atoms with Crippen LogP contribution < -0.4 is 5.32 Å². The highest BCUT2D eigenvalue weighted by Crippen LogP contribution is 2.16. The highest BCUT2D eigenvalue weighted by Gasteiger charge is 2.12. The van der Waals surface area contributed by atoms with E-state index < -0.39 is 11.6 Å². The molecule has 0 aromatic heterocycles. The molecular formula is C11H15F2NO2. The van der Waals surface area contributed by atoms with Gasteiger partial charge < -0.3 is 15.2 Å². The Kier molecular flexibility index (Phi) is 5.31. The van der Waals surface area contributed by atoms with E-state index >= 15 is 0 Å². The van der Waals surface area contributed by atoms with Crippen molar-refractivity contribution in [1.82, 2.24) is 5.32 Å². The molecule has 0 radical (unpaired) electrons. The lowest BCUT2D eigenvalue weighted by Gasteiger charge is -2.17. The summed E-state index contributed by atoms with van der Waals surface area (Å²) >= 11 is 0. The van der Waals surface area contributed by atoms with Gasteiger partial charge in [-0.25, -0.2) is 8.78 Å². The van der Waals surface area contributed by atoms with Gasteiger partial charge >= 0.3 is 0 Å². The number of hydrogen-bond acceptors (Lipinski definition) is 3. The highest BCUT2D eigenvalue weighted by molar-refractivity contribution is 5.21. The Bertz CT molecular complexity index is 334. The molecule has 0 aliphatic carbocycles. The van der Waals surface area contributed by atoms with Gasteiger partial charge in [-0.2, -0.15) is 0 Å². The van der Waals surface area contributed by atoms with E-state index in [4.69, 9.17) is 9.84 Å². The molecule has 3 nitrogen and oxygen atoms in total. The van der Waals surface area contributed by atoms with E-state index in [-0.39, 0.29) is 12.6 Å². The first-order chi connectivity index (χ1) is 7.69. The molecule has 5 heteroatoms. The maximum Gasteiger partial charge on any atom is 0.159 e. The van der Waals surface area contributed by atoms with Gasteiger partial charge in [0.25, 0.3) is 0 Å². The van der Waals surface area contributed by atoms with Gasteiger partial charge in [0, 0.05) is 13.7 Å². The third kappa shape index (κ3) is 3.52. The molecule has 0 spiro atoms. The number of aliphatic hydroxyl groups excluding tert-OH is 1. The molecule has 0 saturated carbocycles. The fourth-order valence-corrected chi connectivity index (χ4v) is 1.41. The molecule has 1 rings (SSSR count). The largest absolute Gasteiger partial charge is 0.395 e. The van der Waals surface area contributed by atoms with Gasteiger partial charge in [-0.1, -0.05) is 6.07 Å². The number of methoxy groups -OCH3 is 1. The molecule has 0 fully saturated rings. The predicted molar refractivity (Wildman–Crippen MR) is 56.1 cm³/mol. The van der Waals surface area contributed by atoms with Gasteiger partial charge in [-0.3, -0.25) is 0 Å². The Morgan fingerprint density at radius 3 is 2.69 bits per heavy atom. The summed E-state index contributed by atoms with van der Waals surface area (Å²) in [6.45, 7) is 0.669. The van der Waals surface area contributed by atoms with E-state index in [0.717, 1.165) is 12.1 Å². The van der Waals surface area contributed by atoms with Gasteiger partial charge in [0.15, 0.2) is 11.6 Å². The summed E-state index contributed by atoms with van der Waals surface area (Å²) in [4.78, 5) is 0. The van der Waals surface area contributed by atoms with Crippen LogP contribution in [0.4, 0.5) is 8.78 Å². The molecule has 2 N–H and O–H groups in total. The average molecular weight is 231 g/mol. The molecule has 0 aliphatic heterocycles. The number of aliphatic hydroxyl groups is 1. The van der Waals surface area contributed by atoms with Crippen molar-refractivity contribution in [2.75, 3.05) is 26.9 Å². The molecular weight excluding hydrogens is 216 g/mol. The zero-order valence-corrected chi connectivity index (χ0v) is 9.04. The fourth-order valence-electron chi connectivity index (χ4n) is 1.41. The SMILES string of the molecule is COCC(NCCO)c1ccc(F)c(F)c1. The molecule has 16 heavy (non-hydrogen) atoms. The van der Waals surface area contributed by atoms with Crippen LogP contribution in [-0.2, 0) is 4.74 Å². The number of halogens is 2. The van der Waals surface area contributed by atoms with Crippen LogP contribution in [0.1, 0.15) is 11.6 Å². The Balaban J connectivity index is 2.78. The predicted octanol–water partition coefficient (Wildman–Crippen LogP) is 1.23. The van der Waals surface area contributed by atoms with Crippen LogP contribution in [0.3, 0.4) is 0 Å². The lowest BCUT2D eigenvalue weighted by Crippen LogP contribution is -2.28. The second kappa shape index (κ2) is 6.52. The van der Waals surface area contributed by atoms with E-state index in [2.05, 4.69) is 5.32 Å². The van der Waals surface area contributed by atoms with Crippen molar-refractivity contribution in [1.29, 1.82) is 0 Å². The third-order valence-electron chi connectivity index (χ3n) is 2.18. The topological polar surface area (TPSA) is 41.5 Å². The van der Waals surface area contributed by atoms with Gasteiger partial charge in [0.1, 0.15) is 0 Å². The van der Waals surface area contributed by atoms with Crippen molar-refractivity contribution in [3.8, 4) is 0 Å². The quantitative estimate of drug-likeness (QED) is 0.773. The van der Waals surface area contributed by atoms with Gasteiger partial charge in [-0.15, -0.1) is 0 Å². The smallest absolute Gasteiger partial charge is 0.159 e. The molecule has 0 amide bonds. The molecule has 0 saturated heterocycles. The lowest BCUT2D eigenvalue weighted by molar-refractivity contribution is 0.162. The normalized spacial score (nSPS) is 12.8. The first-order valence-corrected chi connectivity index (χ1v) is 4.97. The molecule has 0 heterocycles. The summed E-state index contributed by atoms with van der Waals surface area (Å²) < 4.78 is 30.7. The van der Waals surface area contributed by atoms with Gasteiger partial charge in [0.2, 0.25) is 0 Å². The van der Waals surface area contributed by atoms with Crippen molar-refractivity contribution in [3.05, 3.63) is 35.4 Å². The Labute approximate surface area is 93.0 Å². The third-order valence-corrected chi connectivity index (χ3v) is 2.18. The van der Waals surface area contributed by atoms with E-state index in [1.807, 2.05) is 0 Å². The Hall–Kier alpha value is -1.04. The standard InChI is InChI=1S/C11H15F2NO2/c1-16-7-11(14-4-5-15)8-2-3-9(12)10(13)6-8/h2-3,6,11,14-15H,4-5,7H2,1H3. The summed E-state index contributed by atoms with van der Waals surface area (Å²) in [7, 11) is 1.52. The minimum Gasteiger partial charge on any atom is -0.395 e.